The highest BCUT2D eigenvalue weighted by molar-refractivity contribution is 6.05. The van der Waals surface area contributed by atoms with E-state index >= 15 is 0 Å². The lowest BCUT2D eigenvalue weighted by Crippen LogP contribution is -2.35. The Balaban J connectivity index is 1.77. The van der Waals surface area contributed by atoms with Crippen molar-refractivity contribution >= 4 is 28.9 Å². The summed E-state index contributed by atoms with van der Waals surface area (Å²) in [5.74, 6) is -0.0474. The van der Waals surface area contributed by atoms with Gasteiger partial charge in [0.15, 0.2) is 6.61 Å². The number of nitro benzene ring substituents is 1. The molecule has 1 aliphatic rings. The number of carbonyl (C=O) groups is 2. The van der Waals surface area contributed by atoms with Gasteiger partial charge in [-0.3, -0.25) is 19.7 Å². The van der Waals surface area contributed by atoms with Crippen molar-refractivity contribution in [2.75, 3.05) is 23.9 Å². The molecule has 0 bridgehead atoms. The van der Waals surface area contributed by atoms with Crippen LogP contribution in [0.5, 0.6) is 5.75 Å². The third-order valence-electron chi connectivity index (χ3n) is 3.64. The molecule has 3 rings (SSSR count). The van der Waals surface area contributed by atoms with Crippen molar-refractivity contribution in [3.8, 4) is 5.75 Å². The summed E-state index contributed by atoms with van der Waals surface area (Å²) < 4.78 is 5.36. The Hall–Kier alpha value is -3.42. The number of anilines is 2. The molecule has 0 spiro atoms. The Bertz CT molecular complexity index is 832. The lowest BCUT2D eigenvalue weighted by atomic mass is 10.1. The van der Waals surface area contributed by atoms with Crippen molar-refractivity contribution in [3.63, 3.8) is 0 Å². The topological polar surface area (TPSA) is 102 Å². The Kier molecular flexibility index (Phi) is 3.87. The lowest BCUT2D eigenvalue weighted by molar-refractivity contribution is -0.384. The van der Waals surface area contributed by atoms with Gasteiger partial charge >= 0.3 is 0 Å². The zero-order chi connectivity index (χ0) is 17.3. The van der Waals surface area contributed by atoms with Crippen LogP contribution in [-0.2, 0) is 4.79 Å². The van der Waals surface area contributed by atoms with Crippen molar-refractivity contribution in [1.82, 2.24) is 0 Å². The number of nitro groups is 1. The van der Waals surface area contributed by atoms with Gasteiger partial charge in [0.2, 0.25) is 0 Å². The lowest BCUT2D eigenvalue weighted by Gasteiger charge is -2.26. The first-order chi connectivity index (χ1) is 11.5. The molecule has 8 heteroatoms. The van der Waals surface area contributed by atoms with E-state index in [1.807, 2.05) is 0 Å². The standard InChI is InChI=1S/C16H13N3O5/c1-18-13-7-4-11(8-14(13)24-9-15(18)20)17-16(21)10-2-5-12(6-3-10)19(22)23/h2-8H,9H2,1H3,(H,17,21). The molecule has 0 radical (unpaired) electrons. The summed E-state index contributed by atoms with van der Waals surface area (Å²) in [5.41, 5.74) is 1.34. The summed E-state index contributed by atoms with van der Waals surface area (Å²) in [6.45, 7) is -0.0523. The number of rotatable bonds is 3. The Morgan fingerprint density at radius 2 is 1.96 bits per heavy atom. The third-order valence-corrected chi connectivity index (χ3v) is 3.64. The second-order valence-corrected chi connectivity index (χ2v) is 5.18. The average Bonchev–Trinajstić information content (AvgIpc) is 2.58. The van der Waals surface area contributed by atoms with Crippen LogP contribution in [0.3, 0.4) is 0 Å². The minimum Gasteiger partial charge on any atom is -0.481 e. The number of benzene rings is 2. The van der Waals surface area contributed by atoms with Crippen LogP contribution in [0, 0.1) is 10.1 Å². The molecule has 2 aromatic carbocycles. The maximum Gasteiger partial charge on any atom is 0.269 e. The number of nitrogens with one attached hydrogen (secondary N) is 1. The van der Waals surface area contributed by atoms with Gasteiger partial charge < -0.3 is 15.0 Å². The van der Waals surface area contributed by atoms with Crippen LogP contribution in [0.4, 0.5) is 17.1 Å². The van der Waals surface area contributed by atoms with Gasteiger partial charge in [-0.1, -0.05) is 0 Å². The molecule has 0 atom stereocenters. The number of hydrogen-bond donors (Lipinski definition) is 1. The largest absolute Gasteiger partial charge is 0.481 e. The van der Waals surface area contributed by atoms with E-state index in [-0.39, 0.29) is 18.2 Å². The summed E-state index contributed by atoms with van der Waals surface area (Å²) in [4.78, 5) is 35.3. The van der Waals surface area contributed by atoms with Crippen LogP contribution in [-0.4, -0.2) is 30.4 Å². The predicted octanol–water partition coefficient (Wildman–Crippen LogP) is 2.20. The number of amides is 2. The van der Waals surface area contributed by atoms with Crippen LogP contribution in [0.1, 0.15) is 10.4 Å². The molecule has 1 N–H and O–H groups in total. The molecule has 0 saturated carbocycles. The fourth-order valence-electron chi connectivity index (χ4n) is 2.29. The smallest absolute Gasteiger partial charge is 0.269 e. The van der Waals surface area contributed by atoms with E-state index in [0.717, 1.165) is 0 Å². The number of fused-ring (bicyclic) bond motifs is 1. The van der Waals surface area contributed by atoms with Crippen LogP contribution in [0.25, 0.3) is 0 Å². The fraction of sp³-hybridized carbons (Fsp3) is 0.125. The average molecular weight is 327 g/mol. The Labute approximate surface area is 136 Å². The highest BCUT2D eigenvalue weighted by atomic mass is 16.6. The highest BCUT2D eigenvalue weighted by Crippen LogP contribution is 2.33. The highest BCUT2D eigenvalue weighted by Gasteiger charge is 2.22. The first kappa shape index (κ1) is 15.5. The molecule has 1 heterocycles. The van der Waals surface area contributed by atoms with Gasteiger partial charge in [0, 0.05) is 36.5 Å². The molecule has 0 aromatic heterocycles. The summed E-state index contributed by atoms with van der Waals surface area (Å²) >= 11 is 0. The summed E-state index contributed by atoms with van der Waals surface area (Å²) in [7, 11) is 1.65. The molecule has 2 amide bonds. The molecule has 1 aliphatic heterocycles. The van der Waals surface area contributed by atoms with Gasteiger partial charge in [0.1, 0.15) is 5.75 Å². The Morgan fingerprint density at radius 3 is 2.62 bits per heavy atom. The number of ether oxygens (including phenoxy) is 1. The first-order valence-corrected chi connectivity index (χ1v) is 7.05. The van der Waals surface area contributed by atoms with E-state index in [1.165, 1.54) is 29.2 Å². The molecule has 8 nitrogen and oxygen atoms in total. The van der Waals surface area contributed by atoms with E-state index in [1.54, 1.807) is 25.2 Å². The van der Waals surface area contributed by atoms with E-state index in [4.69, 9.17) is 4.74 Å². The monoisotopic (exact) mass is 327 g/mol. The predicted molar refractivity (Wildman–Crippen MR) is 86.4 cm³/mol. The van der Waals surface area contributed by atoms with E-state index in [9.17, 15) is 19.7 Å². The van der Waals surface area contributed by atoms with Crippen molar-refractivity contribution in [3.05, 3.63) is 58.1 Å². The summed E-state index contributed by atoms with van der Waals surface area (Å²) in [6, 6.07) is 10.3. The Morgan fingerprint density at radius 1 is 1.25 bits per heavy atom. The fourth-order valence-corrected chi connectivity index (χ4v) is 2.29. The summed E-state index contributed by atoms with van der Waals surface area (Å²) in [6.07, 6.45) is 0. The number of hydrogen-bond acceptors (Lipinski definition) is 5. The minimum absolute atomic E-state index is 0.0523. The van der Waals surface area contributed by atoms with Crippen LogP contribution < -0.4 is 15.0 Å². The molecule has 0 saturated heterocycles. The molecule has 122 valence electrons. The molecule has 0 unspecified atom stereocenters. The van der Waals surface area contributed by atoms with Crippen molar-refractivity contribution in [1.29, 1.82) is 0 Å². The van der Waals surface area contributed by atoms with Gasteiger partial charge in [-0.05, 0) is 24.3 Å². The zero-order valence-electron chi connectivity index (χ0n) is 12.7. The van der Waals surface area contributed by atoms with Gasteiger partial charge in [0.05, 0.1) is 10.6 Å². The van der Waals surface area contributed by atoms with E-state index in [0.29, 0.717) is 22.7 Å². The number of non-ortho nitro benzene ring substituents is 1. The molecular weight excluding hydrogens is 314 g/mol. The van der Waals surface area contributed by atoms with Gasteiger partial charge in [-0.2, -0.15) is 0 Å². The van der Waals surface area contributed by atoms with Gasteiger partial charge in [-0.15, -0.1) is 0 Å². The SMILES string of the molecule is CN1C(=O)COc2cc(NC(=O)c3ccc([N+](=O)[O-])cc3)ccc21. The number of nitrogens with zero attached hydrogens (tertiary/aromatic N) is 2. The zero-order valence-corrected chi connectivity index (χ0v) is 12.7. The van der Waals surface area contributed by atoms with Crippen molar-refractivity contribution < 1.29 is 19.2 Å². The molecular formula is C16H13N3O5. The quantitative estimate of drug-likeness (QED) is 0.688. The first-order valence-electron chi connectivity index (χ1n) is 7.05. The van der Waals surface area contributed by atoms with E-state index in [2.05, 4.69) is 5.32 Å². The van der Waals surface area contributed by atoms with Crippen LogP contribution in [0.15, 0.2) is 42.5 Å². The van der Waals surface area contributed by atoms with Gasteiger partial charge in [-0.25, -0.2) is 0 Å². The van der Waals surface area contributed by atoms with Crippen molar-refractivity contribution in [2.24, 2.45) is 0 Å². The van der Waals surface area contributed by atoms with Crippen molar-refractivity contribution in [2.45, 2.75) is 0 Å². The maximum atomic E-state index is 12.2. The second-order valence-electron chi connectivity index (χ2n) is 5.18. The summed E-state index contributed by atoms with van der Waals surface area (Å²) in [5, 5.41) is 13.3. The van der Waals surface area contributed by atoms with E-state index < -0.39 is 10.8 Å². The number of carbonyl (C=O) groups excluding carboxylic acids is 2. The molecule has 24 heavy (non-hydrogen) atoms. The maximum absolute atomic E-state index is 12.2. The van der Waals surface area contributed by atoms with Crippen LogP contribution in [0.2, 0.25) is 0 Å². The minimum atomic E-state index is -0.527. The van der Waals surface area contributed by atoms with Crippen LogP contribution >= 0.6 is 0 Å². The van der Waals surface area contributed by atoms with Gasteiger partial charge in [0.25, 0.3) is 17.5 Å². The second kappa shape index (κ2) is 5.99. The normalized spacial score (nSPS) is 13.0. The molecule has 2 aromatic rings. The third kappa shape index (κ3) is 2.89. The molecule has 0 fully saturated rings. The number of likely N-dealkylation sites (N-methyl/N-ethyl adjacent to an activating group) is 1. The molecule has 0 aliphatic carbocycles.